The van der Waals surface area contributed by atoms with Crippen molar-refractivity contribution in [3.63, 3.8) is 0 Å². The molecule has 0 aliphatic heterocycles. The van der Waals surface area contributed by atoms with E-state index in [0.29, 0.717) is 27.4 Å². The molecule has 0 spiro atoms. The van der Waals surface area contributed by atoms with Crippen molar-refractivity contribution in [2.75, 3.05) is 17.7 Å². The molecule has 1 N–H and O–H groups in total. The highest BCUT2D eigenvalue weighted by molar-refractivity contribution is 7.99. The Hall–Kier alpha value is -2.98. The predicted molar refractivity (Wildman–Crippen MR) is 123 cm³/mol. The van der Waals surface area contributed by atoms with Crippen molar-refractivity contribution in [3.05, 3.63) is 53.1 Å². The molecular formula is C21H23N5O3S2. The fraction of sp³-hybridized carbons (Fsp3) is 0.286. The zero-order valence-electron chi connectivity index (χ0n) is 17.5. The van der Waals surface area contributed by atoms with E-state index in [0.717, 1.165) is 28.3 Å². The summed E-state index contributed by atoms with van der Waals surface area (Å²) in [5.41, 5.74) is 2.63. The molecule has 0 unspecified atom stereocenters. The highest BCUT2D eigenvalue weighted by Gasteiger charge is 2.19. The molecule has 0 fully saturated rings. The summed E-state index contributed by atoms with van der Waals surface area (Å²) in [6, 6.07) is 8.02. The van der Waals surface area contributed by atoms with Gasteiger partial charge in [-0.05, 0) is 20.8 Å². The molecule has 0 bridgehead atoms. The van der Waals surface area contributed by atoms with Gasteiger partial charge in [-0.1, -0.05) is 59.0 Å². The number of benzene rings is 1. The van der Waals surface area contributed by atoms with Crippen LogP contribution >= 0.6 is 23.1 Å². The average Bonchev–Trinajstić information content (AvgIpc) is 3.30. The average molecular weight is 458 g/mol. The molecule has 8 nitrogen and oxygen atoms in total. The lowest BCUT2D eigenvalue weighted by atomic mass is 10.1. The molecule has 0 atom stereocenters. The van der Waals surface area contributed by atoms with E-state index in [-0.39, 0.29) is 18.3 Å². The highest BCUT2D eigenvalue weighted by Crippen LogP contribution is 2.26. The highest BCUT2D eigenvalue weighted by atomic mass is 32.2. The van der Waals surface area contributed by atoms with Crippen LogP contribution in [0.1, 0.15) is 27.9 Å². The summed E-state index contributed by atoms with van der Waals surface area (Å²) in [4.78, 5) is 29.0. The summed E-state index contributed by atoms with van der Waals surface area (Å²) in [6.07, 6.45) is 1.76. The lowest BCUT2D eigenvalue weighted by molar-refractivity contribution is -0.113. The van der Waals surface area contributed by atoms with E-state index in [4.69, 9.17) is 4.74 Å². The number of amides is 1. The number of nitrogens with zero attached hydrogens (tertiary/aromatic N) is 4. The first-order valence-electron chi connectivity index (χ1n) is 9.61. The molecule has 10 heteroatoms. The van der Waals surface area contributed by atoms with Gasteiger partial charge < -0.3 is 10.1 Å². The van der Waals surface area contributed by atoms with Crippen molar-refractivity contribution in [2.45, 2.75) is 32.5 Å². The maximum Gasteiger partial charge on any atom is 0.350 e. The van der Waals surface area contributed by atoms with Crippen molar-refractivity contribution < 1.29 is 14.3 Å². The van der Waals surface area contributed by atoms with E-state index in [1.54, 1.807) is 19.9 Å². The number of rotatable bonds is 9. The Morgan fingerprint density at radius 2 is 2.00 bits per heavy atom. The minimum atomic E-state index is -0.437. The number of hydrogen-bond donors (Lipinski definition) is 1. The number of nitrogens with one attached hydrogen (secondary N) is 1. The molecule has 0 aliphatic carbocycles. The smallest absolute Gasteiger partial charge is 0.350 e. The van der Waals surface area contributed by atoms with E-state index in [2.05, 4.69) is 27.1 Å². The number of thiazole rings is 1. The van der Waals surface area contributed by atoms with Gasteiger partial charge in [0.2, 0.25) is 5.91 Å². The standard InChI is InChI=1S/C21H23N5O3S2/c1-5-11-26-18(15-9-7-13(3)8-10-15)24-25-21(26)30-12-16(27)23-20-22-14(4)17(31-20)19(28)29-6-2/h5,7-10H,1,6,11-12H2,2-4H3,(H,22,23,27). The van der Waals surface area contributed by atoms with Crippen LogP contribution in [-0.4, -0.2) is 44.0 Å². The fourth-order valence-corrected chi connectivity index (χ4v) is 4.35. The minimum absolute atomic E-state index is 0.122. The number of hydrogen-bond acceptors (Lipinski definition) is 8. The lowest BCUT2D eigenvalue weighted by Crippen LogP contribution is -2.14. The summed E-state index contributed by atoms with van der Waals surface area (Å²) in [7, 11) is 0. The molecule has 31 heavy (non-hydrogen) atoms. The maximum absolute atomic E-state index is 12.4. The number of aromatic nitrogens is 4. The number of aryl methyl sites for hydroxylation is 2. The molecule has 2 aromatic heterocycles. The molecule has 2 heterocycles. The van der Waals surface area contributed by atoms with Gasteiger partial charge in [-0.3, -0.25) is 9.36 Å². The van der Waals surface area contributed by atoms with E-state index in [9.17, 15) is 9.59 Å². The molecule has 0 radical (unpaired) electrons. The molecule has 1 aromatic carbocycles. The summed E-state index contributed by atoms with van der Waals surface area (Å²) in [5, 5.41) is 12.3. The number of allylic oxidation sites excluding steroid dienone is 1. The number of ether oxygens (including phenoxy) is 1. The summed E-state index contributed by atoms with van der Waals surface area (Å²) >= 11 is 2.37. The van der Waals surface area contributed by atoms with Gasteiger partial charge >= 0.3 is 5.97 Å². The van der Waals surface area contributed by atoms with E-state index >= 15 is 0 Å². The number of anilines is 1. The van der Waals surface area contributed by atoms with Gasteiger partial charge in [0.1, 0.15) is 4.88 Å². The molecule has 3 aromatic rings. The zero-order valence-corrected chi connectivity index (χ0v) is 19.2. The molecule has 162 valence electrons. The van der Waals surface area contributed by atoms with Crippen LogP contribution in [0.5, 0.6) is 0 Å². The molecule has 0 saturated carbocycles. The van der Waals surface area contributed by atoms with Gasteiger partial charge in [0, 0.05) is 12.1 Å². The molecule has 0 aliphatic rings. The summed E-state index contributed by atoms with van der Waals surface area (Å²) < 4.78 is 6.92. The quantitative estimate of drug-likeness (QED) is 0.293. The van der Waals surface area contributed by atoms with E-state index in [1.807, 2.05) is 35.8 Å². The largest absolute Gasteiger partial charge is 0.462 e. The van der Waals surface area contributed by atoms with Crippen molar-refractivity contribution in [2.24, 2.45) is 0 Å². The zero-order chi connectivity index (χ0) is 22.4. The summed E-state index contributed by atoms with van der Waals surface area (Å²) in [5.74, 6) is 0.154. The molecule has 1 amide bonds. The van der Waals surface area contributed by atoms with Crippen molar-refractivity contribution >= 4 is 40.1 Å². The van der Waals surface area contributed by atoms with Gasteiger partial charge in [0.05, 0.1) is 18.1 Å². The van der Waals surface area contributed by atoms with Crippen LogP contribution in [0.25, 0.3) is 11.4 Å². The first-order valence-corrected chi connectivity index (χ1v) is 11.4. The second-order valence-corrected chi connectivity index (χ2v) is 8.50. The van der Waals surface area contributed by atoms with Gasteiger partial charge in [0.15, 0.2) is 16.1 Å². The van der Waals surface area contributed by atoms with E-state index < -0.39 is 5.97 Å². The number of thioether (sulfide) groups is 1. The lowest BCUT2D eigenvalue weighted by Gasteiger charge is -2.08. The van der Waals surface area contributed by atoms with Crippen LogP contribution in [0.4, 0.5) is 5.13 Å². The topological polar surface area (TPSA) is 99.0 Å². The van der Waals surface area contributed by atoms with Crippen molar-refractivity contribution in [3.8, 4) is 11.4 Å². The second kappa shape index (κ2) is 10.4. The third kappa shape index (κ3) is 5.59. The van der Waals surface area contributed by atoms with Crippen LogP contribution < -0.4 is 5.32 Å². The normalized spacial score (nSPS) is 10.7. The Balaban J connectivity index is 1.68. The number of carbonyl (C=O) groups is 2. The van der Waals surface area contributed by atoms with Gasteiger partial charge in [0.25, 0.3) is 0 Å². The maximum atomic E-state index is 12.4. The van der Waals surface area contributed by atoms with Crippen molar-refractivity contribution in [1.29, 1.82) is 0 Å². The molecule has 0 saturated heterocycles. The Bertz CT molecular complexity index is 1090. The first-order chi connectivity index (χ1) is 14.9. The Morgan fingerprint density at radius 3 is 2.68 bits per heavy atom. The van der Waals surface area contributed by atoms with Gasteiger partial charge in [-0.25, -0.2) is 9.78 Å². The fourth-order valence-electron chi connectivity index (χ4n) is 2.73. The first kappa shape index (κ1) is 22.7. The van der Waals surface area contributed by atoms with Gasteiger partial charge in [-0.2, -0.15) is 0 Å². The van der Waals surface area contributed by atoms with Crippen molar-refractivity contribution in [1.82, 2.24) is 19.7 Å². The van der Waals surface area contributed by atoms with Crippen LogP contribution in [0.2, 0.25) is 0 Å². The third-order valence-electron chi connectivity index (χ3n) is 4.17. The molecular weight excluding hydrogens is 434 g/mol. The Morgan fingerprint density at radius 1 is 1.26 bits per heavy atom. The number of esters is 1. The predicted octanol–water partition coefficient (Wildman–Crippen LogP) is 4.11. The monoisotopic (exact) mass is 457 g/mol. The van der Waals surface area contributed by atoms with Crippen LogP contribution in [0.3, 0.4) is 0 Å². The Kier molecular flexibility index (Phi) is 7.59. The summed E-state index contributed by atoms with van der Waals surface area (Å²) in [6.45, 7) is 10.1. The van der Waals surface area contributed by atoms with Crippen LogP contribution in [0, 0.1) is 13.8 Å². The van der Waals surface area contributed by atoms with Crippen LogP contribution in [-0.2, 0) is 16.1 Å². The Labute approximate surface area is 188 Å². The molecule has 3 rings (SSSR count). The van der Waals surface area contributed by atoms with E-state index in [1.165, 1.54) is 11.8 Å². The SMILES string of the molecule is C=CCn1c(SCC(=O)Nc2nc(C)c(C(=O)OCC)s2)nnc1-c1ccc(C)cc1. The van der Waals surface area contributed by atoms with Gasteiger partial charge in [-0.15, -0.1) is 16.8 Å². The van der Waals surface area contributed by atoms with Crippen LogP contribution in [0.15, 0.2) is 42.1 Å². The minimum Gasteiger partial charge on any atom is -0.462 e. The number of carbonyl (C=O) groups excluding carboxylic acids is 2. The third-order valence-corrected chi connectivity index (χ3v) is 6.19. The second-order valence-electron chi connectivity index (χ2n) is 6.56.